The lowest BCUT2D eigenvalue weighted by atomic mass is 10.1. The summed E-state index contributed by atoms with van der Waals surface area (Å²) < 4.78 is 0. The Kier molecular flexibility index (Phi) is 14.7. The largest absolute Gasteiger partial charge is 0.481 e. The molecule has 0 bridgehead atoms. The standard InChI is InChI=1S/C20H34N2O9/c1-2-3-4-5-6-7-8-9-10-11-16(23)22(15(20(30)31)13-18(26)27)21-14(19(28)29)12-17(24)25/h14-15,21H,2-13H2,1H3,(H,24,25)(H,26,27)(H,28,29)(H,30,31)/t14-,15-/m0/s1. The maximum absolute atomic E-state index is 12.6. The van der Waals surface area contributed by atoms with E-state index in [9.17, 15) is 34.2 Å². The number of unbranched alkanes of at least 4 members (excludes halogenated alkanes) is 8. The van der Waals surface area contributed by atoms with Gasteiger partial charge >= 0.3 is 23.9 Å². The second kappa shape index (κ2) is 16.1. The number of aliphatic carboxylic acids is 4. The van der Waals surface area contributed by atoms with E-state index < -0.39 is 54.7 Å². The molecule has 0 heterocycles. The fraction of sp³-hybridized carbons (Fsp3) is 0.750. The number of nitrogens with zero attached hydrogens (tertiary/aromatic N) is 1. The molecule has 178 valence electrons. The lowest BCUT2D eigenvalue weighted by Gasteiger charge is -2.31. The average Bonchev–Trinajstić information content (AvgIpc) is 2.67. The molecule has 0 unspecified atom stereocenters. The number of carboxylic acids is 4. The Morgan fingerprint density at radius 3 is 1.61 bits per heavy atom. The highest BCUT2D eigenvalue weighted by Gasteiger charge is 2.35. The van der Waals surface area contributed by atoms with Crippen LogP contribution in [-0.2, 0) is 24.0 Å². The number of carboxylic acid groups (broad SMARTS) is 4. The number of carbonyl (C=O) groups excluding carboxylic acids is 1. The number of hydrazine groups is 1. The van der Waals surface area contributed by atoms with Crippen molar-refractivity contribution in [2.75, 3.05) is 0 Å². The van der Waals surface area contributed by atoms with Crippen LogP contribution in [0.15, 0.2) is 0 Å². The van der Waals surface area contributed by atoms with Gasteiger partial charge in [0.15, 0.2) is 6.04 Å². The van der Waals surface area contributed by atoms with E-state index in [1.807, 2.05) is 0 Å². The molecule has 1 amide bonds. The third-order valence-corrected chi connectivity index (χ3v) is 4.70. The smallest absolute Gasteiger partial charge is 0.328 e. The van der Waals surface area contributed by atoms with Gasteiger partial charge in [0.05, 0.1) is 12.8 Å². The minimum absolute atomic E-state index is 0.119. The monoisotopic (exact) mass is 446 g/mol. The van der Waals surface area contributed by atoms with Crippen LogP contribution in [0.5, 0.6) is 0 Å². The van der Waals surface area contributed by atoms with Crippen molar-refractivity contribution in [3.05, 3.63) is 0 Å². The molecule has 0 spiro atoms. The van der Waals surface area contributed by atoms with Crippen LogP contribution in [0.3, 0.4) is 0 Å². The fourth-order valence-corrected chi connectivity index (χ4v) is 3.03. The number of rotatable bonds is 19. The second-order valence-corrected chi connectivity index (χ2v) is 7.41. The van der Waals surface area contributed by atoms with E-state index in [0.717, 1.165) is 25.7 Å². The summed E-state index contributed by atoms with van der Waals surface area (Å²) in [5, 5.41) is 36.8. The van der Waals surface area contributed by atoms with Crippen LogP contribution in [0.2, 0.25) is 0 Å². The lowest BCUT2D eigenvalue weighted by molar-refractivity contribution is -0.161. The van der Waals surface area contributed by atoms with Gasteiger partial charge in [-0.15, -0.1) is 0 Å². The predicted octanol–water partition coefficient (Wildman–Crippen LogP) is 2.10. The third kappa shape index (κ3) is 13.3. The number of amides is 1. The van der Waals surface area contributed by atoms with Crippen molar-refractivity contribution < 1.29 is 44.4 Å². The van der Waals surface area contributed by atoms with E-state index in [2.05, 4.69) is 12.3 Å². The lowest BCUT2D eigenvalue weighted by Crippen LogP contribution is -2.58. The van der Waals surface area contributed by atoms with Crippen molar-refractivity contribution in [3.63, 3.8) is 0 Å². The topological polar surface area (TPSA) is 182 Å². The van der Waals surface area contributed by atoms with Crippen molar-refractivity contribution in [1.82, 2.24) is 10.4 Å². The molecule has 31 heavy (non-hydrogen) atoms. The van der Waals surface area contributed by atoms with Gasteiger partial charge in [-0.05, 0) is 6.42 Å². The molecule has 0 aromatic heterocycles. The van der Waals surface area contributed by atoms with E-state index in [4.69, 9.17) is 10.2 Å². The van der Waals surface area contributed by atoms with E-state index >= 15 is 0 Å². The summed E-state index contributed by atoms with van der Waals surface area (Å²) in [6.07, 6.45) is 6.83. The SMILES string of the molecule is CCCCCCCCCCCC(=O)N(N[C@@H](CC(=O)O)C(=O)O)[C@@H](CC(=O)O)C(=O)O. The predicted molar refractivity (Wildman–Crippen MR) is 109 cm³/mol. The number of hydrogen-bond donors (Lipinski definition) is 5. The van der Waals surface area contributed by atoms with Gasteiger partial charge < -0.3 is 20.4 Å². The minimum Gasteiger partial charge on any atom is -0.481 e. The van der Waals surface area contributed by atoms with Crippen molar-refractivity contribution >= 4 is 29.8 Å². The zero-order chi connectivity index (χ0) is 23.8. The van der Waals surface area contributed by atoms with Gasteiger partial charge in [-0.25, -0.2) is 10.2 Å². The number of hydrogen-bond acceptors (Lipinski definition) is 6. The first-order valence-electron chi connectivity index (χ1n) is 10.6. The Balaban J connectivity index is 4.96. The first kappa shape index (κ1) is 28.3. The van der Waals surface area contributed by atoms with Gasteiger partial charge in [-0.1, -0.05) is 58.3 Å². The van der Waals surface area contributed by atoms with E-state index in [-0.39, 0.29) is 6.42 Å². The quantitative estimate of drug-likeness (QED) is 0.145. The Morgan fingerprint density at radius 2 is 1.19 bits per heavy atom. The maximum Gasteiger partial charge on any atom is 0.328 e. The Morgan fingerprint density at radius 1 is 0.710 bits per heavy atom. The van der Waals surface area contributed by atoms with Crippen LogP contribution in [-0.4, -0.2) is 67.3 Å². The molecule has 11 nitrogen and oxygen atoms in total. The Bertz CT molecular complexity index is 609. The van der Waals surface area contributed by atoms with Crippen LogP contribution >= 0.6 is 0 Å². The summed E-state index contributed by atoms with van der Waals surface area (Å²) in [5.41, 5.74) is 2.11. The van der Waals surface area contributed by atoms with Crippen LogP contribution in [0, 0.1) is 0 Å². The zero-order valence-corrected chi connectivity index (χ0v) is 17.9. The number of nitrogens with one attached hydrogen (secondary N) is 1. The first-order chi connectivity index (χ1) is 14.6. The Labute approximate surface area is 181 Å². The van der Waals surface area contributed by atoms with Crippen LogP contribution in [0.4, 0.5) is 0 Å². The van der Waals surface area contributed by atoms with Crippen LogP contribution in [0.1, 0.15) is 84.0 Å². The average molecular weight is 446 g/mol. The highest BCUT2D eigenvalue weighted by atomic mass is 16.4. The van der Waals surface area contributed by atoms with Gasteiger partial charge in [0.25, 0.3) is 0 Å². The molecule has 0 aromatic rings. The van der Waals surface area contributed by atoms with Crippen LogP contribution < -0.4 is 5.43 Å². The van der Waals surface area contributed by atoms with Crippen LogP contribution in [0.25, 0.3) is 0 Å². The molecule has 0 saturated heterocycles. The summed E-state index contributed by atoms with van der Waals surface area (Å²) in [5.74, 6) is -7.03. The summed E-state index contributed by atoms with van der Waals surface area (Å²) in [6.45, 7) is 2.14. The van der Waals surface area contributed by atoms with E-state index in [1.54, 1.807) is 0 Å². The number of carbonyl (C=O) groups is 5. The fourth-order valence-electron chi connectivity index (χ4n) is 3.03. The van der Waals surface area contributed by atoms with Crippen molar-refractivity contribution in [2.24, 2.45) is 0 Å². The van der Waals surface area contributed by atoms with Gasteiger partial charge in [0.2, 0.25) is 5.91 Å². The molecule has 0 aliphatic heterocycles. The molecule has 0 aliphatic carbocycles. The molecule has 0 rings (SSSR count). The maximum atomic E-state index is 12.6. The molecular formula is C20H34N2O9. The molecule has 0 saturated carbocycles. The first-order valence-corrected chi connectivity index (χ1v) is 10.6. The molecule has 5 N–H and O–H groups in total. The zero-order valence-electron chi connectivity index (χ0n) is 17.9. The van der Waals surface area contributed by atoms with E-state index in [1.165, 1.54) is 19.3 Å². The van der Waals surface area contributed by atoms with Crippen molar-refractivity contribution in [1.29, 1.82) is 0 Å². The van der Waals surface area contributed by atoms with Gasteiger partial charge in [-0.2, -0.15) is 0 Å². The molecule has 11 heteroatoms. The minimum atomic E-state index is -1.88. The molecule has 0 fully saturated rings. The normalized spacial score (nSPS) is 12.7. The summed E-state index contributed by atoms with van der Waals surface area (Å²) in [7, 11) is 0. The molecule has 0 aliphatic rings. The van der Waals surface area contributed by atoms with Gasteiger partial charge in [0.1, 0.15) is 6.04 Å². The summed E-state index contributed by atoms with van der Waals surface area (Å²) in [4.78, 5) is 57.3. The third-order valence-electron chi connectivity index (χ3n) is 4.70. The summed E-state index contributed by atoms with van der Waals surface area (Å²) in [6, 6.07) is -3.67. The highest BCUT2D eigenvalue weighted by Crippen LogP contribution is 2.13. The second-order valence-electron chi connectivity index (χ2n) is 7.41. The van der Waals surface area contributed by atoms with Gasteiger partial charge in [0, 0.05) is 6.42 Å². The van der Waals surface area contributed by atoms with Gasteiger partial charge in [-0.3, -0.25) is 24.2 Å². The molecule has 0 radical (unpaired) electrons. The molecular weight excluding hydrogens is 412 g/mol. The molecule has 0 aromatic carbocycles. The molecule has 2 atom stereocenters. The Hall–Kier alpha value is -2.69. The van der Waals surface area contributed by atoms with Crippen molar-refractivity contribution in [3.8, 4) is 0 Å². The summed E-state index contributed by atoms with van der Waals surface area (Å²) >= 11 is 0. The highest BCUT2D eigenvalue weighted by molar-refractivity contribution is 5.87. The van der Waals surface area contributed by atoms with Crippen molar-refractivity contribution in [2.45, 2.75) is 96.1 Å². The van der Waals surface area contributed by atoms with E-state index in [0.29, 0.717) is 17.9 Å².